The quantitative estimate of drug-likeness (QED) is 0.525. The van der Waals surface area contributed by atoms with Crippen LogP contribution in [0.3, 0.4) is 0 Å². The Balaban J connectivity index is 2.61. The van der Waals surface area contributed by atoms with E-state index in [1.54, 1.807) is 6.07 Å². The minimum atomic E-state index is -0.389. The van der Waals surface area contributed by atoms with Crippen molar-refractivity contribution in [2.24, 2.45) is 0 Å². The number of hydrogen-bond acceptors (Lipinski definition) is 3. The molecule has 0 saturated heterocycles. The maximum Gasteiger partial charge on any atom is 0.311 e. The third-order valence-electron chi connectivity index (χ3n) is 2.89. The van der Waals surface area contributed by atoms with Crippen molar-refractivity contribution in [1.29, 1.82) is 0 Å². The highest BCUT2D eigenvalue weighted by Gasteiger charge is 2.33. The fraction of sp³-hybridized carbons (Fsp3) is 0.455. The Morgan fingerprint density at radius 1 is 1.47 bits per heavy atom. The Labute approximate surface area is 88.0 Å². The van der Waals surface area contributed by atoms with E-state index in [0.717, 1.165) is 12.0 Å². The van der Waals surface area contributed by atoms with Crippen LogP contribution in [0.2, 0.25) is 0 Å². The minimum Gasteiger partial charge on any atom is -0.487 e. The molecular formula is C11H13NO3. The summed E-state index contributed by atoms with van der Waals surface area (Å²) in [5, 5.41) is 10.8. The molecule has 0 N–H and O–H groups in total. The van der Waals surface area contributed by atoms with Gasteiger partial charge in [-0.2, -0.15) is 0 Å². The number of benzene rings is 1. The number of ether oxygens (including phenoxy) is 1. The molecule has 2 rings (SSSR count). The van der Waals surface area contributed by atoms with Crippen LogP contribution in [0.4, 0.5) is 5.69 Å². The van der Waals surface area contributed by atoms with Crippen LogP contribution in [0, 0.1) is 10.1 Å². The molecule has 1 aliphatic heterocycles. The van der Waals surface area contributed by atoms with Crippen LogP contribution in [0.5, 0.6) is 5.75 Å². The van der Waals surface area contributed by atoms with E-state index in [2.05, 4.69) is 13.8 Å². The lowest BCUT2D eigenvalue weighted by atomic mass is 9.79. The first-order valence-electron chi connectivity index (χ1n) is 4.93. The zero-order valence-electron chi connectivity index (χ0n) is 8.82. The molecule has 0 amide bonds. The summed E-state index contributed by atoms with van der Waals surface area (Å²) in [4.78, 5) is 10.4. The fourth-order valence-corrected chi connectivity index (χ4v) is 1.90. The number of nitrogens with zero attached hydrogens (tertiary/aromatic N) is 1. The highest BCUT2D eigenvalue weighted by Crippen LogP contribution is 2.42. The van der Waals surface area contributed by atoms with Crippen LogP contribution in [0.25, 0.3) is 0 Å². The van der Waals surface area contributed by atoms with Crippen molar-refractivity contribution in [3.05, 3.63) is 33.9 Å². The lowest BCUT2D eigenvalue weighted by Gasteiger charge is -2.31. The van der Waals surface area contributed by atoms with Crippen LogP contribution < -0.4 is 4.74 Å². The molecule has 0 bridgehead atoms. The maximum atomic E-state index is 10.8. The second kappa shape index (κ2) is 3.22. The fourth-order valence-electron chi connectivity index (χ4n) is 1.90. The predicted molar refractivity (Wildman–Crippen MR) is 56.2 cm³/mol. The number of hydrogen-bond donors (Lipinski definition) is 0. The first kappa shape index (κ1) is 9.96. The smallest absolute Gasteiger partial charge is 0.311 e. The van der Waals surface area contributed by atoms with E-state index in [0.29, 0.717) is 12.4 Å². The zero-order chi connectivity index (χ0) is 11.1. The minimum absolute atomic E-state index is 0.0421. The Bertz CT molecular complexity index is 412. The summed E-state index contributed by atoms with van der Waals surface area (Å²) in [6.07, 6.45) is 0.890. The van der Waals surface area contributed by atoms with E-state index in [1.165, 1.54) is 6.07 Å². The molecule has 1 heterocycles. The monoisotopic (exact) mass is 207 g/mol. The molecular weight excluding hydrogens is 194 g/mol. The van der Waals surface area contributed by atoms with E-state index in [9.17, 15) is 10.1 Å². The summed E-state index contributed by atoms with van der Waals surface area (Å²) in [7, 11) is 0. The molecule has 4 heteroatoms. The molecule has 0 atom stereocenters. The van der Waals surface area contributed by atoms with Crippen molar-refractivity contribution in [1.82, 2.24) is 0 Å². The lowest BCUT2D eigenvalue weighted by Crippen LogP contribution is -2.26. The lowest BCUT2D eigenvalue weighted by molar-refractivity contribution is -0.386. The average molecular weight is 207 g/mol. The van der Waals surface area contributed by atoms with Crippen LogP contribution in [-0.2, 0) is 5.41 Å². The normalized spacial score (nSPS) is 17.7. The van der Waals surface area contributed by atoms with Gasteiger partial charge in [0.2, 0.25) is 5.75 Å². The highest BCUT2D eigenvalue weighted by atomic mass is 16.6. The van der Waals surface area contributed by atoms with Crippen LogP contribution in [0.15, 0.2) is 18.2 Å². The van der Waals surface area contributed by atoms with Gasteiger partial charge in [-0.1, -0.05) is 26.0 Å². The van der Waals surface area contributed by atoms with Gasteiger partial charge >= 0.3 is 5.69 Å². The van der Waals surface area contributed by atoms with Crippen molar-refractivity contribution in [2.75, 3.05) is 6.61 Å². The highest BCUT2D eigenvalue weighted by molar-refractivity contribution is 5.55. The third-order valence-corrected chi connectivity index (χ3v) is 2.89. The Morgan fingerprint density at radius 3 is 2.87 bits per heavy atom. The largest absolute Gasteiger partial charge is 0.487 e. The van der Waals surface area contributed by atoms with E-state index in [1.807, 2.05) is 6.07 Å². The van der Waals surface area contributed by atoms with Gasteiger partial charge in [-0.3, -0.25) is 10.1 Å². The molecule has 0 spiro atoms. The number of fused-ring (bicyclic) bond motifs is 1. The van der Waals surface area contributed by atoms with Crippen LogP contribution in [-0.4, -0.2) is 11.5 Å². The molecule has 1 aliphatic rings. The summed E-state index contributed by atoms with van der Waals surface area (Å²) in [6, 6.07) is 5.11. The molecule has 0 fully saturated rings. The Kier molecular flexibility index (Phi) is 2.14. The van der Waals surface area contributed by atoms with E-state index in [-0.39, 0.29) is 16.0 Å². The van der Waals surface area contributed by atoms with Crippen molar-refractivity contribution in [2.45, 2.75) is 25.7 Å². The van der Waals surface area contributed by atoms with Gasteiger partial charge in [0.1, 0.15) is 0 Å². The molecule has 80 valence electrons. The van der Waals surface area contributed by atoms with Gasteiger partial charge in [0.15, 0.2) is 0 Å². The van der Waals surface area contributed by atoms with Gasteiger partial charge in [0.25, 0.3) is 0 Å². The van der Waals surface area contributed by atoms with Gasteiger partial charge in [-0.15, -0.1) is 0 Å². The maximum absolute atomic E-state index is 10.8. The van der Waals surface area contributed by atoms with Gasteiger partial charge < -0.3 is 4.74 Å². The third kappa shape index (κ3) is 1.56. The second-order valence-electron chi connectivity index (χ2n) is 4.39. The van der Waals surface area contributed by atoms with Crippen molar-refractivity contribution in [3.63, 3.8) is 0 Å². The summed E-state index contributed by atoms with van der Waals surface area (Å²) in [5.74, 6) is 0.443. The summed E-state index contributed by atoms with van der Waals surface area (Å²) < 4.78 is 5.41. The zero-order valence-corrected chi connectivity index (χ0v) is 8.82. The summed E-state index contributed by atoms with van der Waals surface area (Å²) in [6.45, 7) is 4.71. The number of nitro groups is 1. The Hall–Kier alpha value is -1.58. The van der Waals surface area contributed by atoms with Gasteiger partial charge in [0, 0.05) is 11.6 Å². The molecule has 15 heavy (non-hydrogen) atoms. The van der Waals surface area contributed by atoms with Crippen molar-refractivity contribution in [3.8, 4) is 5.75 Å². The first-order chi connectivity index (χ1) is 7.02. The van der Waals surface area contributed by atoms with Crippen molar-refractivity contribution < 1.29 is 9.66 Å². The molecule has 1 aromatic carbocycles. The average Bonchev–Trinajstić information content (AvgIpc) is 2.16. The molecule has 0 radical (unpaired) electrons. The summed E-state index contributed by atoms with van der Waals surface area (Å²) >= 11 is 0. The van der Waals surface area contributed by atoms with E-state index >= 15 is 0 Å². The number of para-hydroxylation sites is 1. The molecule has 1 aromatic rings. The van der Waals surface area contributed by atoms with Gasteiger partial charge in [0.05, 0.1) is 11.5 Å². The molecule has 0 unspecified atom stereocenters. The molecule has 0 aliphatic carbocycles. The second-order valence-corrected chi connectivity index (χ2v) is 4.39. The SMILES string of the molecule is CC1(C)CCOc2c([N+](=O)[O-])cccc21. The topological polar surface area (TPSA) is 52.4 Å². The van der Waals surface area contributed by atoms with Gasteiger partial charge in [-0.05, 0) is 11.8 Å². The Morgan fingerprint density at radius 2 is 2.20 bits per heavy atom. The number of rotatable bonds is 1. The van der Waals surface area contributed by atoms with Gasteiger partial charge in [-0.25, -0.2) is 0 Å². The predicted octanol–water partition coefficient (Wildman–Crippen LogP) is 2.65. The molecule has 4 nitrogen and oxygen atoms in total. The van der Waals surface area contributed by atoms with Crippen LogP contribution in [0.1, 0.15) is 25.8 Å². The molecule has 0 saturated carbocycles. The number of nitro benzene ring substituents is 1. The standard InChI is InChI=1S/C11H13NO3/c1-11(2)6-7-15-10-8(11)4-3-5-9(10)12(13)14/h3-5H,6-7H2,1-2H3. The van der Waals surface area contributed by atoms with Crippen LogP contribution >= 0.6 is 0 Å². The van der Waals surface area contributed by atoms with E-state index in [4.69, 9.17) is 4.74 Å². The summed E-state index contributed by atoms with van der Waals surface area (Å²) in [5.41, 5.74) is 0.961. The van der Waals surface area contributed by atoms with Crippen molar-refractivity contribution >= 4 is 5.69 Å². The molecule has 0 aromatic heterocycles. The van der Waals surface area contributed by atoms with E-state index < -0.39 is 0 Å². The first-order valence-corrected chi connectivity index (χ1v) is 4.93.